The number of fused-ring (bicyclic) bond motifs is 3. The van der Waals surface area contributed by atoms with E-state index in [4.69, 9.17) is 23.7 Å². The van der Waals surface area contributed by atoms with Gasteiger partial charge in [-0.05, 0) is 47.1 Å². The summed E-state index contributed by atoms with van der Waals surface area (Å²) in [5, 5.41) is 13.4. The zero-order valence-electron chi connectivity index (χ0n) is 24.5. The van der Waals surface area contributed by atoms with E-state index < -0.39 is 17.9 Å². The van der Waals surface area contributed by atoms with Gasteiger partial charge >= 0.3 is 0 Å². The highest BCUT2D eigenvalue weighted by atomic mass is 16.9. The van der Waals surface area contributed by atoms with Crippen molar-refractivity contribution in [2.45, 2.75) is 179 Å². The predicted octanol–water partition coefficient (Wildman–Crippen LogP) is 6.20. The quantitative estimate of drug-likeness (QED) is 0.194. The van der Waals surface area contributed by atoms with Crippen molar-refractivity contribution in [3.8, 4) is 0 Å². The number of nitrogens with one attached hydrogen (secondary N) is 1. The van der Waals surface area contributed by atoms with Crippen molar-refractivity contribution >= 4 is 0 Å². The van der Waals surface area contributed by atoms with E-state index in [9.17, 15) is 5.11 Å². The van der Waals surface area contributed by atoms with E-state index in [1.54, 1.807) is 0 Å². The van der Waals surface area contributed by atoms with Crippen molar-refractivity contribution in [2.24, 2.45) is 0 Å². The van der Waals surface area contributed by atoms with Gasteiger partial charge < -0.3 is 34.1 Å². The zero-order valence-corrected chi connectivity index (χ0v) is 24.5. The summed E-state index contributed by atoms with van der Waals surface area (Å²) >= 11 is 0. The third-order valence-electron chi connectivity index (χ3n) is 7.96. The molecule has 0 aromatic rings. The fourth-order valence-corrected chi connectivity index (χ4v) is 6.10. The van der Waals surface area contributed by atoms with Crippen molar-refractivity contribution in [3.63, 3.8) is 0 Å². The molecule has 5 unspecified atom stereocenters. The van der Waals surface area contributed by atoms with Crippen LogP contribution in [0.4, 0.5) is 0 Å². The van der Waals surface area contributed by atoms with Crippen LogP contribution in [-0.2, 0) is 23.7 Å². The highest BCUT2D eigenvalue weighted by molar-refractivity contribution is 5.03. The summed E-state index contributed by atoms with van der Waals surface area (Å²) in [4.78, 5) is 0. The van der Waals surface area contributed by atoms with Gasteiger partial charge in [0.2, 0.25) is 0 Å². The molecule has 3 aliphatic heterocycles. The Labute approximate surface area is 226 Å². The van der Waals surface area contributed by atoms with Gasteiger partial charge in [0.1, 0.15) is 24.4 Å². The largest absolute Gasteiger partial charge is 0.396 e. The van der Waals surface area contributed by atoms with Crippen molar-refractivity contribution in [3.05, 3.63) is 0 Å². The van der Waals surface area contributed by atoms with E-state index in [1.165, 1.54) is 83.5 Å². The maximum atomic E-state index is 9.78. The third kappa shape index (κ3) is 10.0. The molecule has 3 saturated heterocycles. The first-order chi connectivity index (χ1) is 17.8. The summed E-state index contributed by atoms with van der Waals surface area (Å²) in [6.45, 7) is 10.9. The minimum atomic E-state index is -0.723. The number of hydrogen-bond donors (Lipinski definition) is 2. The molecule has 3 fully saturated rings. The number of aliphatic hydroxyl groups excluding tert-OH is 1. The predicted molar refractivity (Wildman–Crippen MR) is 146 cm³/mol. The van der Waals surface area contributed by atoms with Crippen LogP contribution in [0.15, 0.2) is 0 Å². The Kier molecular flexibility index (Phi) is 13.1. The molecule has 7 nitrogen and oxygen atoms in total. The molecule has 0 amide bonds. The molecule has 7 heteroatoms. The first kappa shape index (κ1) is 31.3. The van der Waals surface area contributed by atoms with Gasteiger partial charge in [0.15, 0.2) is 17.9 Å². The second-order valence-corrected chi connectivity index (χ2v) is 12.3. The first-order valence-corrected chi connectivity index (χ1v) is 15.5. The van der Waals surface area contributed by atoms with Crippen LogP contribution in [0.25, 0.3) is 0 Å². The Balaban J connectivity index is 1.32. The number of aliphatic hydroxyl groups is 1. The standard InChI is InChI=1S/C30H57NO6/c1-6-7-8-9-10-11-12-13-14-15-16-17-18-19-21-31-23(20-22-32)24-25-26(35-29(2,3)34-25)27-28(33-24)37-30(4,5)36-27/h23-28,31-32H,6-22H2,1-5H3/t23?,24-,25?,26?,27?,28?/m0/s1. The Morgan fingerprint density at radius 1 is 0.649 bits per heavy atom. The summed E-state index contributed by atoms with van der Waals surface area (Å²) in [5.41, 5.74) is 0. The minimum absolute atomic E-state index is 0.0368. The van der Waals surface area contributed by atoms with Gasteiger partial charge in [-0.25, -0.2) is 0 Å². The van der Waals surface area contributed by atoms with Gasteiger partial charge in [0.25, 0.3) is 0 Å². The fraction of sp³-hybridized carbons (Fsp3) is 1.00. The van der Waals surface area contributed by atoms with Gasteiger partial charge in [-0.3, -0.25) is 0 Å². The van der Waals surface area contributed by atoms with Crippen LogP contribution < -0.4 is 5.32 Å². The molecule has 0 aromatic heterocycles. The van der Waals surface area contributed by atoms with Gasteiger partial charge in [-0.15, -0.1) is 0 Å². The second kappa shape index (κ2) is 15.5. The molecule has 3 rings (SSSR count). The molecule has 3 aliphatic rings. The Hall–Kier alpha value is -0.280. The number of rotatable bonds is 19. The summed E-state index contributed by atoms with van der Waals surface area (Å²) in [5.74, 6) is -1.43. The van der Waals surface area contributed by atoms with E-state index in [2.05, 4.69) is 12.2 Å². The minimum Gasteiger partial charge on any atom is -0.396 e. The maximum Gasteiger partial charge on any atom is 0.190 e. The molecule has 0 saturated carbocycles. The fourth-order valence-electron chi connectivity index (χ4n) is 6.10. The van der Waals surface area contributed by atoms with Crippen LogP contribution in [0, 0.1) is 0 Å². The van der Waals surface area contributed by atoms with Crippen molar-refractivity contribution in [2.75, 3.05) is 13.2 Å². The summed E-state index contributed by atoms with van der Waals surface area (Å²) < 4.78 is 31.1. The van der Waals surface area contributed by atoms with E-state index in [1.807, 2.05) is 27.7 Å². The topological polar surface area (TPSA) is 78.4 Å². The molecule has 0 spiro atoms. The van der Waals surface area contributed by atoms with Gasteiger partial charge in [-0.2, -0.15) is 0 Å². The normalized spacial score (nSPS) is 30.8. The van der Waals surface area contributed by atoms with Crippen molar-refractivity contribution in [1.82, 2.24) is 5.32 Å². The molecule has 0 aliphatic carbocycles. The van der Waals surface area contributed by atoms with Crippen LogP contribution >= 0.6 is 0 Å². The van der Waals surface area contributed by atoms with Gasteiger partial charge in [0.05, 0.1) is 0 Å². The number of unbranched alkanes of at least 4 members (excludes halogenated alkanes) is 13. The van der Waals surface area contributed by atoms with Gasteiger partial charge in [-0.1, -0.05) is 90.4 Å². The lowest BCUT2D eigenvalue weighted by Gasteiger charge is -2.41. The summed E-state index contributed by atoms with van der Waals surface area (Å²) in [7, 11) is 0. The Morgan fingerprint density at radius 3 is 1.70 bits per heavy atom. The van der Waals surface area contributed by atoms with E-state index in [-0.39, 0.29) is 37.1 Å². The second-order valence-electron chi connectivity index (χ2n) is 12.3. The van der Waals surface area contributed by atoms with Crippen LogP contribution in [0.1, 0.15) is 131 Å². The van der Waals surface area contributed by atoms with Crippen LogP contribution in [0.2, 0.25) is 0 Å². The molecule has 2 N–H and O–H groups in total. The Bertz CT molecular complexity index is 629. The lowest BCUT2D eigenvalue weighted by Crippen LogP contribution is -2.61. The smallest absolute Gasteiger partial charge is 0.190 e. The lowest BCUT2D eigenvalue weighted by molar-refractivity contribution is -0.240. The molecular weight excluding hydrogens is 470 g/mol. The highest BCUT2D eigenvalue weighted by Gasteiger charge is 2.61. The SMILES string of the molecule is CCCCCCCCCCCCCCCCNC(CCO)[C@@H]1OC2OC(C)(C)OC2C2OC(C)(C)OC21. The van der Waals surface area contributed by atoms with Crippen molar-refractivity contribution in [1.29, 1.82) is 0 Å². The average molecular weight is 528 g/mol. The zero-order chi connectivity index (χ0) is 26.7. The summed E-state index contributed by atoms with van der Waals surface area (Å²) in [6.07, 6.45) is 18.0. The number of ether oxygens (including phenoxy) is 5. The van der Waals surface area contributed by atoms with Crippen molar-refractivity contribution < 1.29 is 28.8 Å². The van der Waals surface area contributed by atoms with E-state index in [0.717, 1.165) is 13.0 Å². The molecule has 0 bridgehead atoms. The van der Waals surface area contributed by atoms with Crippen LogP contribution in [-0.4, -0.2) is 66.6 Å². The third-order valence-corrected chi connectivity index (χ3v) is 7.96. The van der Waals surface area contributed by atoms with E-state index >= 15 is 0 Å². The molecule has 0 aromatic carbocycles. The van der Waals surface area contributed by atoms with Crippen LogP contribution in [0.3, 0.4) is 0 Å². The monoisotopic (exact) mass is 527 g/mol. The molecule has 218 valence electrons. The molecule has 3 heterocycles. The highest BCUT2D eigenvalue weighted by Crippen LogP contribution is 2.45. The molecule has 6 atom stereocenters. The van der Waals surface area contributed by atoms with Gasteiger partial charge in [0, 0.05) is 12.6 Å². The van der Waals surface area contributed by atoms with Crippen LogP contribution in [0.5, 0.6) is 0 Å². The Morgan fingerprint density at radius 2 is 1.14 bits per heavy atom. The summed E-state index contributed by atoms with van der Waals surface area (Å²) in [6, 6.07) is -0.0368. The number of hydrogen-bond acceptors (Lipinski definition) is 7. The van der Waals surface area contributed by atoms with E-state index in [0.29, 0.717) is 6.42 Å². The average Bonchev–Trinajstić information content (AvgIpc) is 3.34. The molecule has 0 radical (unpaired) electrons. The molecule has 37 heavy (non-hydrogen) atoms. The first-order valence-electron chi connectivity index (χ1n) is 15.5. The lowest BCUT2D eigenvalue weighted by atomic mass is 9.92. The molecular formula is C30H57NO6. The maximum absolute atomic E-state index is 9.78.